The van der Waals surface area contributed by atoms with E-state index in [1.54, 1.807) is 12.5 Å². The highest BCUT2D eigenvalue weighted by Gasteiger charge is 2.08. The zero-order valence-electron chi connectivity index (χ0n) is 11.5. The summed E-state index contributed by atoms with van der Waals surface area (Å²) in [5, 5.41) is 13.0. The highest BCUT2D eigenvalue weighted by Crippen LogP contribution is 1.95. The second-order valence-corrected chi connectivity index (χ2v) is 5.15. The standard InChI is InChI=1S/C13H25N3O2/c1-11(2)8-18-9-13(17)6-15-12(3)7-16-5-4-14-10-16/h4-5,10-13,15,17H,6-9H2,1-3H3. The van der Waals surface area contributed by atoms with Crippen LogP contribution >= 0.6 is 0 Å². The van der Waals surface area contributed by atoms with Crippen molar-refractivity contribution in [3.8, 4) is 0 Å². The van der Waals surface area contributed by atoms with E-state index in [1.165, 1.54) is 0 Å². The lowest BCUT2D eigenvalue weighted by molar-refractivity contribution is 0.0250. The number of nitrogens with zero attached hydrogens (tertiary/aromatic N) is 2. The van der Waals surface area contributed by atoms with Crippen molar-refractivity contribution >= 4 is 0 Å². The summed E-state index contributed by atoms with van der Waals surface area (Å²) in [7, 11) is 0. The molecule has 0 bridgehead atoms. The Kier molecular flexibility index (Phi) is 6.93. The number of hydrogen-bond donors (Lipinski definition) is 2. The lowest BCUT2D eigenvalue weighted by Gasteiger charge is -2.18. The smallest absolute Gasteiger partial charge is 0.0946 e. The molecule has 5 heteroatoms. The minimum absolute atomic E-state index is 0.291. The number of hydrogen-bond acceptors (Lipinski definition) is 4. The molecule has 2 N–H and O–H groups in total. The third-order valence-electron chi connectivity index (χ3n) is 2.51. The summed E-state index contributed by atoms with van der Waals surface area (Å²) in [5.74, 6) is 0.505. The predicted octanol–water partition coefficient (Wildman–Crippen LogP) is 0.895. The Hall–Kier alpha value is -0.910. The van der Waals surface area contributed by atoms with Crippen LogP contribution in [0.4, 0.5) is 0 Å². The fourth-order valence-corrected chi connectivity index (χ4v) is 1.61. The number of aliphatic hydroxyl groups excluding tert-OH is 1. The Morgan fingerprint density at radius 2 is 2.11 bits per heavy atom. The van der Waals surface area contributed by atoms with Gasteiger partial charge in [-0.25, -0.2) is 4.98 Å². The van der Waals surface area contributed by atoms with Crippen molar-refractivity contribution in [2.75, 3.05) is 19.8 Å². The zero-order chi connectivity index (χ0) is 13.4. The van der Waals surface area contributed by atoms with Gasteiger partial charge < -0.3 is 19.7 Å². The van der Waals surface area contributed by atoms with E-state index < -0.39 is 6.10 Å². The van der Waals surface area contributed by atoms with Gasteiger partial charge in [0, 0.05) is 38.1 Å². The summed E-state index contributed by atoms with van der Waals surface area (Å²) in [4.78, 5) is 3.99. The first-order valence-corrected chi connectivity index (χ1v) is 6.53. The molecule has 1 rings (SSSR count). The Bertz CT molecular complexity index is 301. The van der Waals surface area contributed by atoms with Crippen LogP contribution in [0.5, 0.6) is 0 Å². The number of rotatable bonds is 9. The lowest BCUT2D eigenvalue weighted by atomic mass is 10.2. The molecule has 0 aliphatic carbocycles. The van der Waals surface area contributed by atoms with Crippen LogP contribution < -0.4 is 5.32 Å². The summed E-state index contributed by atoms with van der Waals surface area (Å²) in [6.45, 7) is 8.76. The molecule has 5 nitrogen and oxygen atoms in total. The Balaban J connectivity index is 2.08. The molecule has 1 heterocycles. The fourth-order valence-electron chi connectivity index (χ4n) is 1.61. The van der Waals surface area contributed by atoms with Gasteiger partial charge in [0.2, 0.25) is 0 Å². The molecule has 0 saturated carbocycles. The Labute approximate surface area is 109 Å². The van der Waals surface area contributed by atoms with Gasteiger partial charge in [0.25, 0.3) is 0 Å². The molecule has 0 aliphatic rings. The van der Waals surface area contributed by atoms with Gasteiger partial charge in [-0.1, -0.05) is 13.8 Å². The van der Waals surface area contributed by atoms with Crippen molar-refractivity contribution < 1.29 is 9.84 Å². The van der Waals surface area contributed by atoms with Gasteiger partial charge in [0.15, 0.2) is 0 Å². The molecule has 0 aromatic carbocycles. The molecule has 0 amide bonds. The Morgan fingerprint density at radius 3 is 2.72 bits per heavy atom. The van der Waals surface area contributed by atoms with Crippen LogP contribution in [0.15, 0.2) is 18.7 Å². The topological polar surface area (TPSA) is 59.3 Å². The lowest BCUT2D eigenvalue weighted by Crippen LogP contribution is -2.38. The van der Waals surface area contributed by atoms with Crippen LogP contribution in [0.3, 0.4) is 0 Å². The second-order valence-electron chi connectivity index (χ2n) is 5.15. The van der Waals surface area contributed by atoms with E-state index in [9.17, 15) is 5.11 Å². The highest BCUT2D eigenvalue weighted by molar-refractivity contribution is 4.76. The molecule has 0 spiro atoms. The maximum absolute atomic E-state index is 9.73. The molecule has 0 aliphatic heterocycles. The summed E-state index contributed by atoms with van der Waals surface area (Å²) in [6.07, 6.45) is 5.04. The summed E-state index contributed by atoms with van der Waals surface area (Å²) in [5.41, 5.74) is 0. The van der Waals surface area contributed by atoms with Crippen LogP contribution in [0, 0.1) is 5.92 Å². The van der Waals surface area contributed by atoms with E-state index in [4.69, 9.17) is 4.74 Å². The number of aliphatic hydroxyl groups is 1. The monoisotopic (exact) mass is 255 g/mol. The summed E-state index contributed by atoms with van der Waals surface area (Å²) >= 11 is 0. The maximum atomic E-state index is 9.73. The molecule has 18 heavy (non-hydrogen) atoms. The normalized spacial score (nSPS) is 14.9. The van der Waals surface area contributed by atoms with E-state index in [-0.39, 0.29) is 0 Å². The molecule has 1 aromatic rings. The minimum Gasteiger partial charge on any atom is -0.389 e. The average Bonchev–Trinajstić information content (AvgIpc) is 2.78. The van der Waals surface area contributed by atoms with E-state index in [1.807, 2.05) is 10.8 Å². The van der Waals surface area contributed by atoms with E-state index in [2.05, 4.69) is 31.1 Å². The van der Waals surface area contributed by atoms with Gasteiger partial charge in [-0.15, -0.1) is 0 Å². The van der Waals surface area contributed by atoms with Crippen molar-refractivity contribution in [2.24, 2.45) is 5.92 Å². The second kappa shape index (κ2) is 8.24. The maximum Gasteiger partial charge on any atom is 0.0946 e. The zero-order valence-corrected chi connectivity index (χ0v) is 11.5. The van der Waals surface area contributed by atoms with Crippen molar-refractivity contribution in [3.63, 3.8) is 0 Å². The third kappa shape index (κ3) is 6.74. The minimum atomic E-state index is -0.450. The van der Waals surface area contributed by atoms with E-state index in [0.717, 1.165) is 6.54 Å². The molecule has 0 fully saturated rings. The largest absolute Gasteiger partial charge is 0.389 e. The molecule has 1 aromatic heterocycles. The highest BCUT2D eigenvalue weighted by atomic mass is 16.5. The molecule has 104 valence electrons. The molecular weight excluding hydrogens is 230 g/mol. The number of imidazole rings is 1. The van der Waals surface area contributed by atoms with Gasteiger partial charge in [0.1, 0.15) is 0 Å². The van der Waals surface area contributed by atoms with Crippen molar-refractivity contribution in [2.45, 2.75) is 39.5 Å². The van der Waals surface area contributed by atoms with Crippen LogP contribution in [-0.4, -0.2) is 46.6 Å². The van der Waals surface area contributed by atoms with Crippen LogP contribution in [0.1, 0.15) is 20.8 Å². The number of nitrogens with one attached hydrogen (secondary N) is 1. The number of ether oxygens (including phenoxy) is 1. The quantitative estimate of drug-likeness (QED) is 0.688. The van der Waals surface area contributed by atoms with Crippen molar-refractivity contribution in [3.05, 3.63) is 18.7 Å². The molecule has 2 unspecified atom stereocenters. The van der Waals surface area contributed by atoms with Crippen molar-refractivity contribution in [1.29, 1.82) is 0 Å². The summed E-state index contributed by atoms with van der Waals surface area (Å²) < 4.78 is 7.40. The Morgan fingerprint density at radius 1 is 1.33 bits per heavy atom. The molecular formula is C13H25N3O2. The van der Waals surface area contributed by atoms with Crippen molar-refractivity contribution in [1.82, 2.24) is 14.9 Å². The van der Waals surface area contributed by atoms with Gasteiger partial charge in [-0.05, 0) is 12.8 Å². The van der Waals surface area contributed by atoms with Crippen LogP contribution in [0.25, 0.3) is 0 Å². The fraction of sp³-hybridized carbons (Fsp3) is 0.769. The van der Waals surface area contributed by atoms with E-state index >= 15 is 0 Å². The molecule has 0 saturated heterocycles. The SMILES string of the molecule is CC(C)COCC(O)CNC(C)Cn1ccnc1. The molecule has 0 radical (unpaired) electrons. The first kappa shape index (κ1) is 15.1. The van der Waals surface area contributed by atoms with Gasteiger partial charge in [0.05, 0.1) is 19.0 Å². The average molecular weight is 255 g/mol. The first-order valence-electron chi connectivity index (χ1n) is 6.53. The third-order valence-corrected chi connectivity index (χ3v) is 2.51. The first-order chi connectivity index (χ1) is 8.58. The van der Waals surface area contributed by atoms with Gasteiger partial charge in [-0.2, -0.15) is 0 Å². The van der Waals surface area contributed by atoms with Crippen LogP contribution in [0.2, 0.25) is 0 Å². The molecule has 2 atom stereocenters. The summed E-state index contributed by atoms with van der Waals surface area (Å²) in [6, 6.07) is 0.291. The number of aromatic nitrogens is 2. The van der Waals surface area contributed by atoms with Crippen LogP contribution in [-0.2, 0) is 11.3 Å². The predicted molar refractivity (Wildman–Crippen MR) is 71.4 cm³/mol. The van der Waals surface area contributed by atoms with E-state index in [0.29, 0.717) is 31.7 Å². The van der Waals surface area contributed by atoms with Gasteiger partial charge in [-0.3, -0.25) is 0 Å². The van der Waals surface area contributed by atoms with Gasteiger partial charge >= 0.3 is 0 Å².